The summed E-state index contributed by atoms with van der Waals surface area (Å²) >= 11 is 1.68. The molecule has 29 heavy (non-hydrogen) atoms. The molecule has 0 spiro atoms. The fraction of sp³-hybridized carbons (Fsp3) is 0.364. The number of likely N-dealkylation sites (N-methyl/N-ethyl adjacent to an activating group) is 1. The van der Waals surface area contributed by atoms with Crippen molar-refractivity contribution >= 4 is 17.2 Å². The Labute approximate surface area is 175 Å². The van der Waals surface area contributed by atoms with E-state index in [-0.39, 0.29) is 17.6 Å². The van der Waals surface area contributed by atoms with E-state index in [2.05, 4.69) is 35.3 Å². The normalized spacial score (nSPS) is 12.3. The SMILES string of the molecule is CC(C)COc1ccc(-c2cc(C(=O)NCC(c3cccs3)N(C)C)no2)cc1. The third-order valence-electron chi connectivity index (χ3n) is 4.42. The van der Waals surface area contributed by atoms with Gasteiger partial charge < -0.3 is 19.5 Å². The van der Waals surface area contributed by atoms with Crippen LogP contribution in [-0.2, 0) is 0 Å². The predicted molar refractivity (Wildman–Crippen MR) is 115 cm³/mol. The Morgan fingerprint density at radius 2 is 2.00 bits per heavy atom. The topological polar surface area (TPSA) is 67.6 Å². The Hall–Kier alpha value is -2.64. The number of hydrogen-bond donors (Lipinski definition) is 1. The molecule has 0 saturated carbocycles. The molecule has 0 fully saturated rings. The van der Waals surface area contributed by atoms with Gasteiger partial charge in [-0.2, -0.15) is 0 Å². The quantitative estimate of drug-likeness (QED) is 0.561. The van der Waals surface area contributed by atoms with Crippen molar-refractivity contribution in [2.45, 2.75) is 19.9 Å². The molecule has 1 amide bonds. The van der Waals surface area contributed by atoms with E-state index in [1.165, 1.54) is 4.88 Å². The van der Waals surface area contributed by atoms with E-state index < -0.39 is 0 Å². The first kappa shape index (κ1) is 21.1. The van der Waals surface area contributed by atoms with Crippen molar-refractivity contribution in [2.24, 2.45) is 5.92 Å². The van der Waals surface area contributed by atoms with E-state index in [9.17, 15) is 4.79 Å². The Morgan fingerprint density at radius 3 is 2.62 bits per heavy atom. The predicted octanol–water partition coefficient (Wildman–Crippen LogP) is 4.47. The van der Waals surface area contributed by atoms with Crippen LogP contribution < -0.4 is 10.1 Å². The lowest BCUT2D eigenvalue weighted by Crippen LogP contribution is -2.34. The van der Waals surface area contributed by atoms with Gasteiger partial charge in [-0.25, -0.2) is 0 Å². The van der Waals surface area contributed by atoms with Crippen LogP contribution in [0.15, 0.2) is 52.4 Å². The summed E-state index contributed by atoms with van der Waals surface area (Å²) in [6.07, 6.45) is 0. The lowest BCUT2D eigenvalue weighted by atomic mass is 10.1. The van der Waals surface area contributed by atoms with Crippen molar-refractivity contribution in [2.75, 3.05) is 27.2 Å². The summed E-state index contributed by atoms with van der Waals surface area (Å²) in [5.74, 6) is 1.58. The summed E-state index contributed by atoms with van der Waals surface area (Å²) in [5.41, 5.74) is 1.11. The number of nitrogens with one attached hydrogen (secondary N) is 1. The van der Waals surface area contributed by atoms with E-state index >= 15 is 0 Å². The zero-order valence-electron chi connectivity index (χ0n) is 17.2. The van der Waals surface area contributed by atoms with Crippen LogP contribution in [0.3, 0.4) is 0 Å². The molecule has 3 rings (SSSR count). The van der Waals surface area contributed by atoms with Gasteiger partial charge in [-0.15, -0.1) is 11.3 Å². The standard InChI is InChI=1S/C22H27N3O3S/c1-15(2)14-27-17-9-7-16(8-10-17)20-12-18(24-28-20)22(26)23-13-19(25(3)4)21-6-5-11-29-21/h5-12,15,19H,13-14H2,1-4H3,(H,23,26). The van der Waals surface area contributed by atoms with Gasteiger partial charge >= 0.3 is 0 Å². The van der Waals surface area contributed by atoms with E-state index in [0.717, 1.165) is 11.3 Å². The van der Waals surface area contributed by atoms with E-state index in [1.807, 2.05) is 49.8 Å². The van der Waals surface area contributed by atoms with Crippen LogP contribution in [0.2, 0.25) is 0 Å². The third kappa shape index (κ3) is 5.68. The fourth-order valence-corrected chi connectivity index (χ4v) is 3.72. The number of carbonyl (C=O) groups excluding carboxylic acids is 1. The summed E-state index contributed by atoms with van der Waals surface area (Å²) < 4.78 is 11.1. The molecule has 0 saturated heterocycles. The summed E-state index contributed by atoms with van der Waals surface area (Å²) in [7, 11) is 4.00. The maximum atomic E-state index is 12.5. The van der Waals surface area contributed by atoms with Crippen molar-refractivity contribution in [3.05, 3.63) is 58.4 Å². The minimum atomic E-state index is -0.250. The molecule has 1 atom stereocenters. The molecular formula is C22H27N3O3S. The molecule has 0 radical (unpaired) electrons. The number of hydrogen-bond acceptors (Lipinski definition) is 6. The Balaban J connectivity index is 1.61. The minimum Gasteiger partial charge on any atom is -0.493 e. The Kier molecular flexibility index (Phi) is 7.06. The molecule has 7 heteroatoms. The Morgan fingerprint density at radius 1 is 1.24 bits per heavy atom. The van der Waals surface area contributed by atoms with Gasteiger partial charge in [0.2, 0.25) is 0 Å². The van der Waals surface area contributed by atoms with Gasteiger partial charge in [0, 0.05) is 23.1 Å². The molecule has 1 N–H and O–H groups in total. The van der Waals surface area contributed by atoms with Crippen LogP contribution in [0.4, 0.5) is 0 Å². The molecular weight excluding hydrogens is 386 g/mol. The highest BCUT2D eigenvalue weighted by Gasteiger charge is 2.19. The van der Waals surface area contributed by atoms with Crippen molar-refractivity contribution in [3.63, 3.8) is 0 Å². The zero-order valence-corrected chi connectivity index (χ0v) is 18.0. The van der Waals surface area contributed by atoms with Crippen molar-refractivity contribution < 1.29 is 14.1 Å². The van der Waals surface area contributed by atoms with E-state index in [4.69, 9.17) is 9.26 Å². The summed E-state index contributed by atoms with van der Waals surface area (Å²) in [6.45, 7) is 5.38. The van der Waals surface area contributed by atoms with Gasteiger partial charge in [0.25, 0.3) is 5.91 Å². The Bertz CT molecular complexity index is 902. The summed E-state index contributed by atoms with van der Waals surface area (Å²) in [6, 6.07) is 13.4. The van der Waals surface area contributed by atoms with Crippen molar-refractivity contribution in [1.82, 2.24) is 15.4 Å². The molecule has 0 aliphatic rings. The average molecular weight is 414 g/mol. The molecule has 2 heterocycles. The first-order valence-electron chi connectivity index (χ1n) is 9.62. The van der Waals surface area contributed by atoms with Crippen molar-refractivity contribution in [1.29, 1.82) is 0 Å². The second kappa shape index (κ2) is 9.71. The first-order valence-corrected chi connectivity index (χ1v) is 10.5. The maximum Gasteiger partial charge on any atom is 0.273 e. The molecule has 0 aliphatic heterocycles. The molecule has 0 aliphatic carbocycles. The van der Waals surface area contributed by atoms with Gasteiger partial charge in [0.15, 0.2) is 11.5 Å². The second-order valence-electron chi connectivity index (χ2n) is 7.51. The number of carbonyl (C=O) groups is 1. The number of rotatable bonds is 9. The van der Waals surface area contributed by atoms with Crippen LogP contribution in [-0.4, -0.2) is 43.2 Å². The van der Waals surface area contributed by atoms with Gasteiger partial charge in [0.05, 0.1) is 12.6 Å². The smallest absolute Gasteiger partial charge is 0.273 e. The molecule has 154 valence electrons. The first-order chi connectivity index (χ1) is 13.9. The second-order valence-corrected chi connectivity index (χ2v) is 8.49. The van der Waals surface area contributed by atoms with E-state index in [1.54, 1.807) is 17.4 Å². The molecule has 1 unspecified atom stereocenters. The van der Waals surface area contributed by atoms with Crippen LogP contribution in [0, 0.1) is 5.92 Å². The maximum absolute atomic E-state index is 12.5. The number of aromatic nitrogens is 1. The van der Waals surface area contributed by atoms with Gasteiger partial charge in [-0.05, 0) is 55.7 Å². The molecule has 0 bridgehead atoms. The number of benzene rings is 1. The number of thiophene rings is 1. The number of ether oxygens (including phenoxy) is 1. The molecule has 2 aromatic heterocycles. The van der Waals surface area contributed by atoms with E-state index in [0.29, 0.717) is 24.8 Å². The minimum absolute atomic E-state index is 0.115. The number of amides is 1. The summed E-state index contributed by atoms with van der Waals surface area (Å²) in [4.78, 5) is 15.8. The highest BCUT2D eigenvalue weighted by atomic mass is 32.1. The average Bonchev–Trinajstić information content (AvgIpc) is 3.39. The van der Waals surface area contributed by atoms with Crippen LogP contribution in [0.1, 0.15) is 35.3 Å². The van der Waals surface area contributed by atoms with Crippen LogP contribution in [0.5, 0.6) is 5.75 Å². The van der Waals surface area contributed by atoms with Crippen LogP contribution in [0.25, 0.3) is 11.3 Å². The van der Waals surface area contributed by atoms with Gasteiger partial charge in [-0.3, -0.25) is 4.79 Å². The zero-order chi connectivity index (χ0) is 20.8. The third-order valence-corrected chi connectivity index (χ3v) is 5.39. The largest absolute Gasteiger partial charge is 0.493 e. The van der Waals surface area contributed by atoms with Gasteiger partial charge in [0.1, 0.15) is 5.75 Å². The van der Waals surface area contributed by atoms with Crippen LogP contribution >= 0.6 is 11.3 Å². The monoisotopic (exact) mass is 413 g/mol. The highest BCUT2D eigenvalue weighted by Crippen LogP contribution is 2.24. The number of nitrogens with zero attached hydrogens (tertiary/aromatic N) is 2. The van der Waals surface area contributed by atoms with Gasteiger partial charge in [-0.1, -0.05) is 25.1 Å². The lowest BCUT2D eigenvalue weighted by molar-refractivity contribution is 0.0933. The lowest BCUT2D eigenvalue weighted by Gasteiger charge is -2.23. The highest BCUT2D eigenvalue weighted by molar-refractivity contribution is 7.10. The molecule has 1 aromatic carbocycles. The van der Waals surface area contributed by atoms with Crippen molar-refractivity contribution in [3.8, 4) is 17.1 Å². The molecule has 6 nitrogen and oxygen atoms in total. The fourth-order valence-electron chi connectivity index (χ4n) is 2.80. The summed E-state index contributed by atoms with van der Waals surface area (Å²) in [5, 5.41) is 8.92. The molecule has 3 aromatic rings.